The van der Waals surface area contributed by atoms with Gasteiger partial charge in [-0.3, -0.25) is 4.90 Å². The van der Waals surface area contributed by atoms with Crippen LogP contribution in [-0.2, 0) is 4.74 Å². The van der Waals surface area contributed by atoms with Gasteiger partial charge in [-0.05, 0) is 34.6 Å². The second-order valence-corrected chi connectivity index (χ2v) is 7.17. The van der Waals surface area contributed by atoms with Crippen LogP contribution >= 0.6 is 0 Å². The molecule has 3 N–H and O–H groups in total. The van der Waals surface area contributed by atoms with Crippen LogP contribution in [0.25, 0.3) is 0 Å². The third kappa shape index (κ3) is 6.08. The Hall–Kier alpha value is -0.890. The van der Waals surface area contributed by atoms with Crippen molar-refractivity contribution in [3.05, 3.63) is 0 Å². The zero-order valence-electron chi connectivity index (χ0n) is 14.2. The Labute approximate surface area is 132 Å². The van der Waals surface area contributed by atoms with E-state index in [9.17, 15) is 20.1 Å². The predicted molar refractivity (Wildman–Crippen MR) is 82.5 cm³/mol. The molecular formula is C15H30N2O5. The van der Waals surface area contributed by atoms with Crippen LogP contribution in [0, 0.1) is 0 Å². The summed E-state index contributed by atoms with van der Waals surface area (Å²) in [5, 5.41) is 29.4. The maximum atomic E-state index is 12.1. The Morgan fingerprint density at radius 1 is 1.23 bits per heavy atom. The Kier molecular flexibility index (Phi) is 6.61. The van der Waals surface area contributed by atoms with E-state index in [4.69, 9.17) is 4.74 Å². The number of β-amino-alcohol motifs (C(OH)–C–C–N with tert-alkyl or cyclic N) is 1. The van der Waals surface area contributed by atoms with Gasteiger partial charge in [0.15, 0.2) is 0 Å². The van der Waals surface area contributed by atoms with Crippen LogP contribution in [0.1, 0.15) is 34.6 Å². The summed E-state index contributed by atoms with van der Waals surface area (Å²) < 4.78 is 5.32. The monoisotopic (exact) mass is 318 g/mol. The second-order valence-electron chi connectivity index (χ2n) is 7.17. The number of likely N-dealkylation sites (tertiary alicyclic amines) is 1. The molecule has 0 aromatic heterocycles. The number of aliphatic hydroxyl groups excluding tert-OH is 3. The Morgan fingerprint density at radius 2 is 1.73 bits per heavy atom. The van der Waals surface area contributed by atoms with Crippen molar-refractivity contribution in [3.8, 4) is 0 Å². The van der Waals surface area contributed by atoms with Crippen LogP contribution in [0.15, 0.2) is 0 Å². The molecule has 0 spiro atoms. The smallest absolute Gasteiger partial charge is 0.410 e. The van der Waals surface area contributed by atoms with E-state index in [1.807, 2.05) is 4.90 Å². The largest absolute Gasteiger partial charge is 0.444 e. The molecule has 0 saturated carbocycles. The highest BCUT2D eigenvalue weighted by atomic mass is 16.6. The summed E-state index contributed by atoms with van der Waals surface area (Å²) in [5.74, 6) is 0. The molecule has 1 aliphatic heterocycles. The van der Waals surface area contributed by atoms with E-state index in [0.717, 1.165) is 0 Å². The van der Waals surface area contributed by atoms with Gasteiger partial charge in [-0.25, -0.2) is 4.79 Å². The molecule has 1 saturated heterocycles. The van der Waals surface area contributed by atoms with Gasteiger partial charge in [-0.1, -0.05) is 0 Å². The quantitative estimate of drug-likeness (QED) is 0.662. The molecule has 4 atom stereocenters. The molecule has 7 heteroatoms. The topological polar surface area (TPSA) is 93.5 Å². The lowest BCUT2D eigenvalue weighted by Gasteiger charge is -2.32. The average Bonchev–Trinajstić information content (AvgIpc) is 2.67. The van der Waals surface area contributed by atoms with Gasteiger partial charge in [0, 0.05) is 19.6 Å². The van der Waals surface area contributed by atoms with Crippen molar-refractivity contribution in [1.29, 1.82) is 0 Å². The van der Waals surface area contributed by atoms with Gasteiger partial charge in [0.05, 0.1) is 30.9 Å². The maximum Gasteiger partial charge on any atom is 0.410 e. The van der Waals surface area contributed by atoms with Gasteiger partial charge >= 0.3 is 6.09 Å². The molecule has 22 heavy (non-hydrogen) atoms. The van der Waals surface area contributed by atoms with E-state index in [-0.39, 0.29) is 12.6 Å². The lowest BCUT2D eigenvalue weighted by atomic mass is 10.1. The number of ether oxygens (including phenoxy) is 1. The number of carbonyl (C=O) groups excluding carboxylic acids is 1. The average molecular weight is 318 g/mol. The predicted octanol–water partition coefficient (Wildman–Crippen LogP) is 0.0302. The van der Waals surface area contributed by atoms with Crippen molar-refractivity contribution >= 4 is 6.09 Å². The first kappa shape index (κ1) is 19.2. The molecule has 130 valence electrons. The summed E-state index contributed by atoms with van der Waals surface area (Å²) in [5.41, 5.74) is -0.584. The fraction of sp³-hybridized carbons (Fsp3) is 0.933. The summed E-state index contributed by atoms with van der Waals surface area (Å²) in [6.07, 6.45) is -2.35. The van der Waals surface area contributed by atoms with Gasteiger partial charge in [-0.15, -0.1) is 0 Å². The van der Waals surface area contributed by atoms with Crippen LogP contribution < -0.4 is 0 Å². The van der Waals surface area contributed by atoms with Gasteiger partial charge in [-0.2, -0.15) is 0 Å². The first-order valence-electron chi connectivity index (χ1n) is 7.75. The minimum absolute atomic E-state index is 0.190. The summed E-state index contributed by atoms with van der Waals surface area (Å²) >= 11 is 0. The van der Waals surface area contributed by atoms with Crippen molar-refractivity contribution in [2.45, 2.75) is 64.6 Å². The number of rotatable bonds is 5. The molecule has 0 radical (unpaired) electrons. The van der Waals surface area contributed by atoms with E-state index in [2.05, 4.69) is 0 Å². The highest BCUT2D eigenvalue weighted by Gasteiger charge is 2.39. The molecule has 1 amide bonds. The third-order valence-electron chi connectivity index (χ3n) is 3.38. The number of nitrogens with zero attached hydrogens (tertiary/aromatic N) is 2. The van der Waals surface area contributed by atoms with E-state index in [1.165, 1.54) is 4.90 Å². The molecule has 1 rings (SSSR count). The van der Waals surface area contributed by atoms with E-state index in [0.29, 0.717) is 19.6 Å². The molecule has 1 heterocycles. The fourth-order valence-corrected chi connectivity index (χ4v) is 2.63. The summed E-state index contributed by atoms with van der Waals surface area (Å²) in [7, 11) is 0. The van der Waals surface area contributed by atoms with Crippen LogP contribution in [-0.4, -0.2) is 87.3 Å². The van der Waals surface area contributed by atoms with Crippen molar-refractivity contribution in [2.75, 3.05) is 26.2 Å². The minimum Gasteiger partial charge on any atom is -0.444 e. The number of hydrogen-bond acceptors (Lipinski definition) is 6. The lowest BCUT2D eigenvalue weighted by molar-refractivity contribution is 0.0223. The fourth-order valence-electron chi connectivity index (χ4n) is 2.63. The summed E-state index contributed by atoms with van der Waals surface area (Å²) in [6, 6.07) is -0.322. The molecule has 1 fully saturated rings. The van der Waals surface area contributed by atoms with Crippen LogP contribution in [0.4, 0.5) is 4.79 Å². The number of amides is 1. The van der Waals surface area contributed by atoms with Crippen molar-refractivity contribution in [2.24, 2.45) is 0 Å². The standard InChI is InChI=1S/C15H30N2O5/c1-10(18)6-16(7-11(2)19)12-8-17(9-13(12)20)14(21)22-15(3,4)5/h10-13,18-20H,6-9H2,1-5H3/t10?,11?,12-,13-/m1/s1. The Balaban J connectivity index is 2.72. The van der Waals surface area contributed by atoms with Gasteiger partial charge in [0.2, 0.25) is 0 Å². The highest BCUT2D eigenvalue weighted by Crippen LogP contribution is 2.20. The zero-order chi connectivity index (χ0) is 17.1. The van der Waals surface area contributed by atoms with Gasteiger partial charge < -0.3 is 25.0 Å². The zero-order valence-corrected chi connectivity index (χ0v) is 14.2. The normalized spacial score (nSPS) is 25.4. The number of aliphatic hydroxyl groups is 3. The van der Waals surface area contributed by atoms with E-state index < -0.39 is 30.0 Å². The second kappa shape index (κ2) is 7.59. The molecule has 0 aromatic rings. The van der Waals surface area contributed by atoms with E-state index >= 15 is 0 Å². The molecule has 0 aliphatic carbocycles. The summed E-state index contributed by atoms with van der Waals surface area (Å²) in [6.45, 7) is 9.85. The Morgan fingerprint density at radius 3 is 2.14 bits per heavy atom. The highest BCUT2D eigenvalue weighted by molar-refractivity contribution is 5.68. The van der Waals surface area contributed by atoms with Crippen molar-refractivity contribution in [1.82, 2.24) is 9.80 Å². The van der Waals surface area contributed by atoms with Crippen molar-refractivity contribution < 1.29 is 24.9 Å². The molecule has 0 bridgehead atoms. The summed E-state index contributed by atoms with van der Waals surface area (Å²) in [4.78, 5) is 15.4. The van der Waals surface area contributed by atoms with Gasteiger partial charge in [0.1, 0.15) is 5.60 Å². The number of carbonyl (C=O) groups is 1. The minimum atomic E-state index is -0.731. The van der Waals surface area contributed by atoms with Crippen LogP contribution in [0.3, 0.4) is 0 Å². The Bertz CT molecular complexity index is 357. The maximum absolute atomic E-state index is 12.1. The molecule has 2 unspecified atom stereocenters. The van der Waals surface area contributed by atoms with Crippen LogP contribution in [0.5, 0.6) is 0 Å². The third-order valence-corrected chi connectivity index (χ3v) is 3.38. The molecule has 7 nitrogen and oxygen atoms in total. The lowest BCUT2D eigenvalue weighted by Crippen LogP contribution is -2.49. The van der Waals surface area contributed by atoms with Crippen LogP contribution in [0.2, 0.25) is 0 Å². The molecular weight excluding hydrogens is 288 g/mol. The SMILES string of the molecule is CC(O)CN(CC(C)O)[C@@H]1CN(C(=O)OC(C)(C)C)C[C@H]1O. The van der Waals surface area contributed by atoms with Gasteiger partial charge in [0.25, 0.3) is 0 Å². The number of hydrogen-bond donors (Lipinski definition) is 3. The molecule has 1 aliphatic rings. The first-order valence-corrected chi connectivity index (χ1v) is 7.75. The first-order chi connectivity index (χ1) is 9.99. The van der Waals surface area contributed by atoms with E-state index in [1.54, 1.807) is 34.6 Å². The van der Waals surface area contributed by atoms with Crippen molar-refractivity contribution in [3.63, 3.8) is 0 Å². The molecule has 0 aromatic carbocycles.